The van der Waals surface area contributed by atoms with Gasteiger partial charge < -0.3 is 9.57 Å². The van der Waals surface area contributed by atoms with Gasteiger partial charge in [0.1, 0.15) is 6.61 Å². The summed E-state index contributed by atoms with van der Waals surface area (Å²) in [7, 11) is 2.65. The lowest BCUT2D eigenvalue weighted by molar-refractivity contribution is 0.112. The Morgan fingerprint density at radius 3 is 2.71 bits per heavy atom. The van der Waals surface area contributed by atoms with Crippen LogP contribution in [0, 0.1) is 0 Å². The minimum Gasteiger partial charge on any atom is -0.451 e. The number of ether oxygens (including phenoxy) is 1. The number of amides is 1. The molecular weight excluding hydrogens is 224 g/mol. The quantitative estimate of drug-likeness (QED) is 0.581. The van der Waals surface area contributed by atoms with Crippen LogP contribution in [-0.2, 0) is 21.0 Å². The van der Waals surface area contributed by atoms with Crippen LogP contribution >= 0.6 is 0 Å². The van der Waals surface area contributed by atoms with E-state index in [9.17, 15) is 4.79 Å². The Labute approximate surface area is 99.3 Å². The largest absolute Gasteiger partial charge is 0.451 e. The molecule has 0 heterocycles. The second-order valence-electron chi connectivity index (χ2n) is 2.98. The molecule has 1 aromatic carbocycles. The maximum atomic E-state index is 11.5. The summed E-state index contributed by atoms with van der Waals surface area (Å²) in [6, 6.07) is 7.09. The number of hydroxylamine groups is 1. The number of carbonyl (C=O) groups excluding carboxylic acids is 1. The molecule has 92 valence electrons. The van der Waals surface area contributed by atoms with Crippen molar-refractivity contribution in [3.63, 3.8) is 0 Å². The highest BCUT2D eigenvalue weighted by atomic mass is 16.7. The zero-order chi connectivity index (χ0) is 12.7. The molecule has 1 rings (SSSR count). The molecule has 0 fully saturated rings. The van der Waals surface area contributed by atoms with Crippen molar-refractivity contribution in [1.29, 1.82) is 0 Å². The minimum atomic E-state index is -0.619. The summed E-state index contributed by atoms with van der Waals surface area (Å²) in [5, 5.41) is 4.33. The van der Waals surface area contributed by atoms with Gasteiger partial charge in [0.25, 0.3) is 0 Å². The van der Waals surface area contributed by atoms with Crippen molar-refractivity contribution in [2.45, 2.75) is 6.61 Å². The summed E-state index contributed by atoms with van der Waals surface area (Å²) in [6.45, 7) is 3.40. The molecule has 0 spiro atoms. The number of oxime groups is 1. The molecule has 0 radical (unpaired) electrons. The van der Waals surface area contributed by atoms with Crippen LogP contribution in [0.5, 0.6) is 0 Å². The van der Waals surface area contributed by atoms with Crippen molar-refractivity contribution < 1.29 is 19.2 Å². The highest BCUT2D eigenvalue weighted by Crippen LogP contribution is 2.22. The second-order valence-corrected chi connectivity index (χ2v) is 2.98. The lowest BCUT2D eigenvalue weighted by Gasteiger charge is -2.20. The summed E-state index contributed by atoms with van der Waals surface area (Å²) in [5.74, 6) is 0. The normalized spacial score (nSPS) is 9.53. The van der Waals surface area contributed by atoms with Gasteiger partial charge in [0, 0.05) is 12.3 Å². The van der Waals surface area contributed by atoms with E-state index in [2.05, 4.69) is 16.6 Å². The number of para-hydroxylation sites is 1. The minimum absolute atomic E-state index is 0.191. The van der Waals surface area contributed by atoms with Gasteiger partial charge in [-0.3, -0.25) is 4.84 Å². The van der Waals surface area contributed by atoms with E-state index >= 15 is 0 Å². The van der Waals surface area contributed by atoms with Gasteiger partial charge in [0.2, 0.25) is 0 Å². The van der Waals surface area contributed by atoms with Crippen LogP contribution in [0.1, 0.15) is 5.56 Å². The van der Waals surface area contributed by atoms with Gasteiger partial charge in [0.05, 0.1) is 19.9 Å². The van der Waals surface area contributed by atoms with Crippen molar-refractivity contribution in [1.82, 2.24) is 0 Å². The van der Waals surface area contributed by atoms with Gasteiger partial charge in [-0.1, -0.05) is 18.2 Å². The van der Waals surface area contributed by atoms with Gasteiger partial charge in [-0.05, 0) is 6.07 Å². The molecule has 0 aliphatic heterocycles. The Morgan fingerprint density at radius 2 is 2.12 bits per heavy atom. The van der Waals surface area contributed by atoms with E-state index in [1.807, 2.05) is 6.07 Å². The molecule has 0 unspecified atom stereocenters. The fraction of sp³-hybridized carbons (Fsp3) is 0.273. The topological polar surface area (TPSA) is 60.4 Å². The average molecular weight is 238 g/mol. The average Bonchev–Trinajstić information content (AvgIpc) is 2.38. The van der Waals surface area contributed by atoms with Crippen LogP contribution in [-0.4, -0.2) is 27.0 Å². The molecule has 6 heteroatoms. The summed E-state index contributed by atoms with van der Waals surface area (Å²) in [4.78, 5) is 21.3. The van der Waals surface area contributed by atoms with Crippen LogP contribution in [0.4, 0.5) is 10.5 Å². The number of anilines is 1. The lowest BCUT2D eigenvalue weighted by Crippen LogP contribution is -2.30. The first-order valence-electron chi connectivity index (χ1n) is 4.82. The maximum Gasteiger partial charge on any atom is 0.438 e. The third-order valence-corrected chi connectivity index (χ3v) is 2.04. The molecule has 0 aliphatic rings. The molecule has 0 bridgehead atoms. The Kier molecular flexibility index (Phi) is 4.96. The summed E-state index contributed by atoms with van der Waals surface area (Å²) in [6.07, 6.45) is -0.619. The van der Waals surface area contributed by atoms with Crippen molar-refractivity contribution in [3.05, 3.63) is 29.8 Å². The molecule has 0 saturated carbocycles. The monoisotopic (exact) mass is 238 g/mol. The van der Waals surface area contributed by atoms with Crippen molar-refractivity contribution in [2.24, 2.45) is 5.16 Å². The molecule has 1 amide bonds. The van der Waals surface area contributed by atoms with E-state index in [-0.39, 0.29) is 6.61 Å². The molecule has 0 N–H and O–H groups in total. The third kappa shape index (κ3) is 3.18. The molecule has 1 aromatic rings. The van der Waals surface area contributed by atoms with Crippen LogP contribution < -0.4 is 5.06 Å². The Morgan fingerprint density at radius 1 is 1.41 bits per heavy atom. The Balaban J connectivity index is 3.00. The number of hydrogen-bond acceptors (Lipinski definition) is 5. The molecule has 0 aliphatic carbocycles. The lowest BCUT2D eigenvalue weighted by atomic mass is 10.2. The molecule has 0 saturated heterocycles. The highest BCUT2D eigenvalue weighted by Gasteiger charge is 2.19. The number of nitrogens with zero attached hydrogens (tertiary/aromatic N) is 2. The van der Waals surface area contributed by atoms with Crippen LogP contribution in [0.15, 0.2) is 29.4 Å². The predicted octanol–water partition coefficient (Wildman–Crippen LogP) is 1.95. The molecular formula is C11H14N2O4. The van der Waals surface area contributed by atoms with E-state index in [1.54, 1.807) is 18.2 Å². The van der Waals surface area contributed by atoms with Gasteiger partial charge in [0.15, 0.2) is 0 Å². The molecule has 6 nitrogen and oxygen atoms in total. The zero-order valence-electron chi connectivity index (χ0n) is 9.75. The second kappa shape index (κ2) is 6.49. The van der Waals surface area contributed by atoms with Gasteiger partial charge in [-0.15, -0.1) is 5.16 Å². The van der Waals surface area contributed by atoms with Crippen molar-refractivity contribution >= 4 is 18.5 Å². The summed E-state index contributed by atoms with van der Waals surface area (Å²) in [5.41, 5.74) is 1.26. The molecule has 0 aromatic heterocycles. The fourth-order valence-corrected chi connectivity index (χ4v) is 1.30. The fourth-order valence-electron chi connectivity index (χ4n) is 1.30. The molecule has 17 heavy (non-hydrogen) atoms. The standard InChI is InChI=1S/C11H14N2O4/c1-12-17-8-9-6-4-5-7-10(9)13(16-3)11(14)15-2/h4-7H,1,8H2,2-3H3. The summed E-state index contributed by atoms with van der Waals surface area (Å²) >= 11 is 0. The first kappa shape index (κ1) is 13.0. The van der Waals surface area contributed by atoms with Crippen LogP contribution in [0.3, 0.4) is 0 Å². The zero-order valence-corrected chi connectivity index (χ0v) is 9.75. The van der Waals surface area contributed by atoms with E-state index < -0.39 is 6.09 Å². The predicted molar refractivity (Wildman–Crippen MR) is 62.7 cm³/mol. The van der Waals surface area contributed by atoms with Crippen molar-refractivity contribution in [2.75, 3.05) is 19.3 Å². The Bertz CT molecular complexity index is 395. The Hall–Kier alpha value is -2.08. The van der Waals surface area contributed by atoms with Gasteiger partial charge >= 0.3 is 6.09 Å². The first-order chi connectivity index (χ1) is 8.24. The SMILES string of the molecule is C=NOCc1ccccc1N(OC)C(=O)OC. The van der Waals surface area contributed by atoms with E-state index in [0.717, 1.165) is 10.6 Å². The van der Waals surface area contributed by atoms with E-state index in [0.29, 0.717) is 5.69 Å². The first-order valence-corrected chi connectivity index (χ1v) is 4.82. The number of hydrogen-bond donors (Lipinski definition) is 0. The van der Waals surface area contributed by atoms with Gasteiger partial charge in [-0.25, -0.2) is 4.79 Å². The van der Waals surface area contributed by atoms with Gasteiger partial charge in [-0.2, -0.15) is 5.06 Å². The number of rotatable bonds is 5. The number of carbonyl (C=O) groups is 1. The highest BCUT2D eigenvalue weighted by molar-refractivity contribution is 5.86. The third-order valence-electron chi connectivity index (χ3n) is 2.04. The van der Waals surface area contributed by atoms with Crippen LogP contribution in [0.2, 0.25) is 0 Å². The number of methoxy groups -OCH3 is 1. The van der Waals surface area contributed by atoms with Crippen LogP contribution in [0.25, 0.3) is 0 Å². The maximum absolute atomic E-state index is 11.5. The summed E-state index contributed by atoms with van der Waals surface area (Å²) < 4.78 is 4.60. The van der Waals surface area contributed by atoms with E-state index in [4.69, 9.17) is 9.68 Å². The van der Waals surface area contributed by atoms with E-state index in [1.165, 1.54) is 14.2 Å². The number of benzene rings is 1. The van der Waals surface area contributed by atoms with Crippen molar-refractivity contribution in [3.8, 4) is 0 Å². The molecule has 0 atom stereocenters. The smallest absolute Gasteiger partial charge is 0.438 e.